The maximum absolute atomic E-state index is 11.7. The predicted octanol–water partition coefficient (Wildman–Crippen LogP) is 3.12. The Kier molecular flexibility index (Phi) is 9.14. The van der Waals surface area contributed by atoms with Gasteiger partial charge < -0.3 is 10.5 Å². The fraction of sp³-hybridized carbons (Fsp3) is 0.929. The normalized spacial score (nSPS) is 16.3. The standard InChI is InChI=1S/C14H29NO2/c1-5-7-11(2)10-17-14(16)12(3)8-6-9-13(4)15/h11-13H,5-10,15H2,1-4H3. The summed E-state index contributed by atoms with van der Waals surface area (Å²) in [6.45, 7) is 8.76. The zero-order valence-electron chi connectivity index (χ0n) is 11.9. The Morgan fingerprint density at radius 3 is 2.35 bits per heavy atom. The van der Waals surface area contributed by atoms with Gasteiger partial charge in [0.2, 0.25) is 0 Å². The highest BCUT2D eigenvalue weighted by Gasteiger charge is 2.15. The quantitative estimate of drug-likeness (QED) is 0.633. The van der Waals surface area contributed by atoms with Crippen molar-refractivity contribution in [2.24, 2.45) is 17.6 Å². The summed E-state index contributed by atoms with van der Waals surface area (Å²) in [5.74, 6) is 0.417. The Morgan fingerprint density at radius 2 is 1.82 bits per heavy atom. The summed E-state index contributed by atoms with van der Waals surface area (Å²) in [6, 6.07) is 0.225. The molecule has 0 radical (unpaired) electrons. The monoisotopic (exact) mass is 243 g/mol. The number of carbonyl (C=O) groups is 1. The Morgan fingerprint density at radius 1 is 1.18 bits per heavy atom. The Labute approximate surface area is 106 Å². The van der Waals surface area contributed by atoms with Crippen LogP contribution in [0, 0.1) is 11.8 Å². The number of hydrogen-bond acceptors (Lipinski definition) is 3. The molecule has 0 aromatic heterocycles. The summed E-state index contributed by atoms with van der Waals surface area (Å²) in [6.07, 6.45) is 5.11. The van der Waals surface area contributed by atoms with Crippen LogP contribution in [-0.4, -0.2) is 18.6 Å². The molecule has 0 aliphatic rings. The van der Waals surface area contributed by atoms with Crippen molar-refractivity contribution in [3.63, 3.8) is 0 Å². The molecular weight excluding hydrogens is 214 g/mol. The molecule has 3 atom stereocenters. The van der Waals surface area contributed by atoms with Crippen molar-refractivity contribution in [2.75, 3.05) is 6.61 Å². The molecule has 0 aromatic carbocycles. The second kappa shape index (κ2) is 9.46. The number of carbonyl (C=O) groups excluding carboxylic acids is 1. The van der Waals surface area contributed by atoms with Gasteiger partial charge >= 0.3 is 5.97 Å². The Bertz CT molecular complexity index is 204. The lowest BCUT2D eigenvalue weighted by Gasteiger charge is -2.15. The molecule has 0 heterocycles. The van der Waals surface area contributed by atoms with Crippen LogP contribution in [0.15, 0.2) is 0 Å². The van der Waals surface area contributed by atoms with E-state index in [0.717, 1.165) is 32.1 Å². The van der Waals surface area contributed by atoms with Crippen molar-refractivity contribution < 1.29 is 9.53 Å². The van der Waals surface area contributed by atoms with Gasteiger partial charge in [0.1, 0.15) is 0 Å². The van der Waals surface area contributed by atoms with Crippen LogP contribution in [0.3, 0.4) is 0 Å². The van der Waals surface area contributed by atoms with Crippen LogP contribution in [0.5, 0.6) is 0 Å². The predicted molar refractivity (Wildman–Crippen MR) is 71.7 cm³/mol. The summed E-state index contributed by atoms with van der Waals surface area (Å²) < 4.78 is 5.31. The van der Waals surface area contributed by atoms with E-state index in [-0.39, 0.29) is 17.9 Å². The molecule has 3 nitrogen and oxygen atoms in total. The summed E-state index contributed by atoms with van der Waals surface area (Å²) in [5, 5.41) is 0. The molecule has 2 N–H and O–H groups in total. The lowest BCUT2D eigenvalue weighted by Crippen LogP contribution is -2.19. The molecule has 0 amide bonds. The first-order chi connectivity index (χ1) is 7.97. The highest BCUT2D eigenvalue weighted by molar-refractivity contribution is 5.71. The van der Waals surface area contributed by atoms with Crippen molar-refractivity contribution in [2.45, 2.75) is 65.8 Å². The second-order valence-electron chi connectivity index (χ2n) is 5.33. The minimum absolute atomic E-state index is 0.00239. The molecule has 0 saturated heterocycles. The van der Waals surface area contributed by atoms with E-state index in [9.17, 15) is 4.79 Å². The van der Waals surface area contributed by atoms with Crippen molar-refractivity contribution in [3.05, 3.63) is 0 Å². The molecular formula is C14H29NO2. The van der Waals surface area contributed by atoms with Crippen LogP contribution in [0.1, 0.15) is 59.8 Å². The molecule has 0 rings (SSSR count). The fourth-order valence-corrected chi connectivity index (χ4v) is 1.81. The summed E-state index contributed by atoms with van der Waals surface area (Å²) in [7, 11) is 0. The first-order valence-corrected chi connectivity index (χ1v) is 6.89. The van der Waals surface area contributed by atoms with Crippen molar-refractivity contribution in [3.8, 4) is 0 Å². The third-order valence-corrected chi connectivity index (χ3v) is 2.99. The maximum atomic E-state index is 11.7. The third kappa shape index (κ3) is 9.16. The first-order valence-electron chi connectivity index (χ1n) is 6.89. The number of ether oxygens (including phenoxy) is 1. The van der Waals surface area contributed by atoms with Gasteiger partial charge in [0, 0.05) is 6.04 Å². The molecule has 0 aliphatic heterocycles. The molecule has 0 aliphatic carbocycles. The lowest BCUT2D eigenvalue weighted by molar-refractivity contribution is -0.149. The summed E-state index contributed by atoms with van der Waals surface area (Å²) >= 11 is 0. The smallest absolute Gasteiger partial charge is 0.308 e. The van der Waals surface area contributed by atoms with E-state index < -0.39 is 0 Å². The number of nitrogens with two attached hydrogens (primary N) is 1. The topological polar surface area (TPSA) is 52.3 Å². The van der Waals surface area contributed by atoms with Gasteiger partial charge in [-0.1, -0.05) is 33.6 Å². The Hall–Kier alpha value is -0.570. The van der Waals surface area contributed by atoms with E-state index in [1.807, 2.05) is 13.8 Å². The largest absolute Gasteiger partial charge is 0.465 e. The zero-order valence-corrected chi connectivity index (χ0v) is 11.9. The van der Waals surface area contributed by atoms with E-state index >= 15 is 0 Å². The van der Waals surface area contributed by atoms with E-state index in [2.05, 4.69) is 13.8 Å². The van der Waals surface area contributed by atoms with E-state index in [1.54, 1.807) is 0 Å². The Balaban J connectivity index is 3.67. The minimum atomic E-state index is -0.0578. The van der Waals surface area contributed by atoms with Gasteiger partial charge in [0.15, 0.2) is 0 Å². The van der Waals surface area contributed by atoms with Crippen molar-refractivity contribution in [1.29, 1.82) is 0 Å². The van der Waals surface area contributed by atoms with Crippen LogP contribution in [-0.2, 0) is 9.53 Å². The highest BCUT2D eigenvalue weighted by Crippen LogP contribution is 2.12. The average Bonchev–Trinajstić information content (AvgIpc) is 2.25. The van der Waals surface area contributed by atoms with Crippen LogP contribution in [0.4, 0.5) is 0 Å². The minimum Gasteiger partial charge on any atom is -0.465 e. The first kappa shape index (κ1) is 16.4. The van der Waals surface area contributed by atoms with Crippen LogP contribution in [0.2, 0.25) is 0 Å². The van der Waals surface area contributed by atoms with E-state index in [0.29, 0.717) is 12.5 Å². The second-order valence-corrected chi connectivity index (χ2v) is 5.33. The number of rotatable bonds is 9. The third-order valence-electron chi connectivity index (χ3n) is 2.99. The molecule has 0 spiro atoms. The molecule has 102 valence electrons. The number of hydrogen-bond donors (Lipinski definition) is 1. The van der Waals surface area contributed by atoms with Crippen molar-refractivity contribution in [1.82, 2.24) is 0 Å². The van der Waals surface area contributed by atoms with Gasteiger partial charge in [0.25, 0.3) is 0 Å². The van der Waals surface area contributed by atoms with Gasteiger partial charge in [-0.05, 0) is 32.1 Å². The van der Waals surface area contributed by atoms with Gasteiger partial charge in [0.05, 0.1) is 12.5 Å². The lowest BCUT2D eigenvalue weighted by atomic mass is 10.0. The summed E-state index contributed by atoms with van der Waals surface area (Å²) in [4.78, 5) is 11.7. The fourth-order valence-electron chi connectivity index (χ4n) is 1.81. The SMILES string of the molecule is CCCC(C)COC(=O)C(C)CCCC(C)N. The van der Waals surface area contributed by atoms with E-state index in [4.69, 9.17) is 10.5 Å². The van der Waals surface area contributed by atoms with Gasteiger partial charge in [-0.15, -0.1) is 0 Å². The van der Waals surface area contributed by atoms with Gasteiger partial charge in [-0.2, -0.15) is 0 Å². The summed E-state index contributed by atoms with van der Waals surface area (Å²) in [5.41, 5.74) is 5.67. The zero-order chi connectivity index (χ0) is 13.3. The van der Waals surface area contributed by atoms with Gasteiger partial charge in [-0.25, -0.2) is 0 Å². The molecule has 3 unspecified atom stereocenters. The van der Waals surface area contributed by atoms with Crippen molar-refractivity contribution >= 4 is 5.97 Å². The molecule has 0 fully saturated rings. The molecule has 0 aromatic rings. The molecule has 0 bridgehead atoms. The van der Waals surface area contributed by atoms with Crippen LogP contribution in [0.25, 0.3) is 0 Å². The van der Waals surface area contributed by atoms with E-state index in [1.165, 1.54) is 0 Å². The van der Waals surface area contributed by atoms with Crippen LogP contribution >= 0.6 is 0 Å². The average molecular weight is 243 g/mol. The molecule has 17 heavy (non-hydrogen) atoms. The number of esters is 1. The molecule has 0 saturated carbocycles. The van der Waals surface area contributed by atoms with Gasteiger partial charge in [-0.3, -0.25) is 4.79 Å². The highest BCUT2D eigenvalue weighted by atomic mass is 16.5. The van der Waals surface area contributed by atoms with Crippen LogP contribution < -0.4 is 5.73 Å². The maximum Gasteiger partial charge on any atom is 0.308 e. The molecule has 3 heteroatoms.